The number of fused-ring (bicyclic) bond motifs is 2. The zero-order valence-electron chi connectivity index (χ0n) is 34.2. The Labute approximate surface area is 390 Å². The van der Waals surface area contributed by atoms with Crippen molar-refractivity contribution in [2.75, 3.05) is 23.2 Å². The molecule has 64 heavy (non-hydrogen) atoms. The van der Waals surface area contributed by atoms with Crippen LogP contribution in [0.5, 0.6) is 0 Å². The number of hydrogen-bond acceptors (Lipinski definition) is 6. The van der Waals surface area contributed by atoms with Crippen LogP contribution in [0.25, 0.3) is 22.1 Å². The number of halogens is 8. The van der Waals surface area contributed by atoms with E-state index in [2.05, 4.69) is 176 Å². The predicted molar refractivity (Wildman–Crippen MR) is 247 cm³/mol. The summed E-state index contributed by atoms with van der Waals surface area (Å²) < 4.78 is 78.0. The molecular weight excluding hydrogens is 975 g/mol. The van der Waals surface area contributed by atoms with Gasteiger partial charge in [-0.2, -0.15) is 0 Å². The number of anilines is 2. The molecule has 0 spiro atoms. The molecule has 2 N–H and O–H groups in total. The molecule has 4 aromatic carbocycles. The van der Waals surface area contributed by atoms with Gasteiger partial charge in [-0.25, -0.2) is 19.9 Å². The fourth-order valence-corrected chi connectivity index (χ4v) is 10.6. The van der Waals surface area contributed by atoms with E-state index in [4.69, 9.17) is 0 Å². The van der Waals surface area contributed by atoms with Crippen LogP contribution in [0.3, 0.4) is 0 Å². The van der Waals surface area contributed by atoms with Crippen LogP contribution < -0.4 is 31.9 Å². The van der Waals surface area contributed by atoms with Crippen molar-refractivity contribution in [2.45, 2.75) is 13.8 Å². The first-order valence-electron chi connectivity index (χ1n) is 19.2. The number of aromatic nitrogens is 4. The van der Waals surface area contributed by atoms with Gasteiger partial charge in [-0.05, 0) is 111 Å². The summed E-state index contributed by atoms with van der Waals surface area (Å²) in [6.07, 6.45) is 1.76. The molecule has 8 rings (SSSR count). The summed E-state index contributed by atoms with van der Waals surface area (Å²) >= 11 is 0. The Morgan fingerprint density at radius 3 is 0.891 bits per heavy atom. The minimum absolute atomic E-state index is 0. The molecule has 20 heteroatoms. The molecule has 0 aliphatic heterocycles. The fraction of sp³-hybridized carbons (Fsp3) is 0.0909. The standard InChI is InChI=1S/2C22H20N3P.2BF4.2Cu/c2*1-17-12-13-18-14-15-21(25-22(18)24-17)23-16-26(19-8-4-2-5-9-19)20-10-6-3-7-11-20;2*2-1(3,4)5;;/h2*2-15H,16H2,1H3,(H,23,24,25);;;;/q;;2*-1;2*+1/p+2. The summed E-state index contributed by atoms with van der Waals surface area (Å²) in [7, 11) is -13.9. The Balaban J connectivity index is 0.000000274. The molecule has 0 radical (unpaired) electrons. The first kappa shape index (κ1) is 53.4. The van der Waals surface area contributed by atoms with E-state index in [-0.39, 0.29) is 34.1 Å². The summed E-state index contributed by atoms with van der Waals surface area (Å²) in [5.41, 5.74) is 3.56. The van der Waals surface area contributed by atoms with Crippen LogP contribution in [0, 0.1) is 13.8 Å². The van der Waals surface area contributed by atoms with E-state index < -0.39 is 30.4 Å². The van der Waals surface area contributed by atoms with Crippen molar-refractivity contribution >= 4 is 85.3 Å². The Bertz CT molecular complexity index is 2330. The van der Waals surface area contributed by atoms with Crippen molar-refractivity contribution < 1.29 is 68.7 Å². The molecule has 0 amide bonds. The van der Waals surface area contributed by atoms with Gasteiger partial charge in [0.1, 0.15) is 24.2 Å². The normalized spacial score (nSPS) is 10.8. The predicted octanol–water partition coefficient (Wildman–Crippen LogP) is 10.9. The molecule has 0 unspecified atom stereocenters. The van der Waals surface area contributed by atoms with Gasteiger partial charge in [-0.3, -0.25) is 0 Å². The Hall–Kier alpha value is -4.93. The molecule has 340 valence electrons. The largest absolute Gasteiger partial charge is 1.00 e. The maximum Gasteiger partial charge on any atom is 1.00 e. The molecule has 0 saturated carbocycles. The van der Waals surface area contributed by atoms with Crippen LogP contribution in [-0.4, -0.2) is 47.0 Å². The van der Waals surface area contributed by atoms with Gasteiger partial charge in [0, 0.05) is 22.2 Å². The van der Waals surface area contributed by atoms with Gasteiger partial charge in [0.05, 0.1) is 37.1 Å². The number of aryl methyl sites for hydroxylation is 2. The third-order valence-electron chi connectivity index (χ3n) is 8.76. The van der Waals surface area contributed by atoms with Gasteiger partial charge in [-0.15, -0.1) is 0 Å². The smallest absolute Gasteiger partial charge is 0.418 e. The molecule has 0 bridgehead atoms. The van der Waals surface area contributed by atoms with E-state index in [1.54, 1.807) is 0 Å². The third kappa shape index (κ3) is 19.0. The van der Waals surface area contributed by atoms with Gasteiger partial charge in [-0.1, -0.05) is 72.8 Å². The van der Waals surface area contributed by atoms with Crippen molar-refractivity contribution in [1.82, 2.24) is 19.9 Å². The van der Waals surface area contributed by atoms with Gasteiger partial charge < -0.3 is 45.2 Å². The maximum atomic E-state index is 9.75. The number of rotatable bonds is 10. The summed E-state index contributed by atoms with van der Waals surface area (Å²) in [4.78, 5) is 18.5. The molecule has 6 nitrogen and oxygen atoms in total. The second-order valence-electron chi connectivity index (χ2n) is 13.5. The van der Waals surface area contributed by atoms with Crippen molar-refractivity contribution in [2.24, 2.45) is 0 Å². The maximum absolute atomic E-state index is 9.75. The minimum atomic E-state index is -6.00. The molecule has 8 aromatic rings. The van der Waals surface area contributed by atoms with Crippen LogP contribution >= 0.6 is 15.8 Å². The molecule has 4 aromatic heterocycles. The average Bonchev–Trinajstić information content (AvgIpc) is 3.24. The van der Waals surface area contributed by atoms with E-state index in [0.29, 0.717) is 0 Å². The first-order chi connectivity index (χ1) is 29.6. The quantitative estimate of drug-likeness (QED) is 0.0808. The molecule has 4 heterocycles. The van der Waals surface area contributed by atoms with Crippen LogP contribution in [0.1, 0.15) is 11.4 Å². The SMILES string of the molecule is Cc1ccc2ccc(NC[PH+](c3ccccc3)c3ccccc3)nc2n1.Cc1ccc2ccc(NC[PH+](c3ccccc3)c3ccccc3)nc2n1.F[B-](F)(F)F.F[B-](F)(F)F.[Cu+].[Cu+]. The van der Waals surface area contributed by atoms with Gasteiger partial charge in [0.2, 0.25) is 0 Å². The third-order valence-corrected chi connectivity index (χ3v) is 13.9. The van der Waals surface area contributed by atoms with E-state index in [9.17, 15) is 34.5 Å². The van der Waals surface area contributed by atoms with Crippen LogP contribution in [-0.2, 0) is 34.1 Å². The fourth-order valence-electron chi connectivity index (χ4n) is 6.04. The Morgan fingerprint density at radius 1 is 0.375 bits per heavy atom. The minimum Gasteiger partial charge on any atom is -0.418 e. The molecule has 0 aliphatic carbocycles. The Morgan fingerprint density at radius 2 is 0.625 bits per heavy atom. The second kappa shape index (κ2) is 26.1. The molecular formula is C44H42B2Cu2F8N6P2+2. The van der Waals surface area contributed by atoms with Gasteiger partial charge in [0.25, 0.3) is 0 Å². The summed E-state index contributed by atoms with van der Waals surface area (Å²) in [6, 6.07) is 59.4. The summed E-state index contributed by atoms with van der Waals surface area (Å²) in [5.74, 6) is 1.76. The van der Waals surface area contributed by atoms with Crippen molar-refractivity contribution in [3.05, 3.63) is 181 Å². The number of nitrogens with one attached hydrogen (secondary N) is 2. The first-order valence-corrected chi connectivity index (χ1v) is 22.6. The molecule has 0 atom stereocenters. The van der Waals surface area contributed by atoms with Gasteiger partial charge in [0.15, 0.2) is 11.3 Å². The topological polar surface area (TPSA) is 75.6 Å². The van der Waals surface area contributed by atoms with Crippen molar-refractivity contribution in [1.29, 1.82) is 0 Å². The Kier molecular flexibility index (Phi) is 21.8. The van der Waals surface area contributed by atoms with E-state index >= 15 is 0 Å². The van der Waals surface area contributed by atoms with Gasteiger partial charge >= 0.3 is 48.6 Å². The van der Waals surface area contributed by atoms with Crippen LogP contribution in [0.2, 0.25) is 0 Å². The number of benzene rings is 4. The van der Waals surface area contributed by atoms with Crippen molar-refractivity contribution in [3.63, 3.8) is 0 Å². The number of pyridine rings is 4. The second-order valence-corrected chi connectivity index (χ2v) is 18.4. The summed E-state index contributed by atoms with van der Waals surface area (Å²) in [5, 5.41) is 14.8. The summed E-state index contributed by atoms with van der Waals surface area (Å²) in [6.45, 7) is 3.99. The molecule has 0 aliphatic rings. The van der Waals surface area contributed by atoms with Crippen LogP contribution in [0.15, 0.2) is 170 Å². The van der Waals surface area contributed by atoms with E-state index in [1.807, 2.05) is 38.1 Å². The average molecular weight is 1020 g/mol. The monoisotopic (exact) mass is 1020 g/mol. The molecule has 0 fully saturated rings. The zero-order valence-corrected chi connectivity index (χ0v) is 38.0. The number of nitrogens with zero attached hydrogens (tertiary/aromatic N) is 4. The van der Waals surface area contributed by atoms with E-state index in [0.717, 1.165) is 57.7 Å². The van der Waals surface area contributed by atoms with Crippen LogP contribution in [0.4, 0.5) is 46.2 Å². The molecule has 0 saturated heterocycles. The van der Waals surface area contributed by atoms with Crippen molar-refractivity contribution in [3.8, 4) is 0 Å². The number of hydrogen-bond donors (Lipinski definition) is 2. The zero-order chi connectivity index (χ0) is 44.5. The van der Waals surface area contributed by atoms with E-state index in [1.165, 1.54) is 21.2 Å².